The number of nitrogens with zero attached hydrogens (tertiary/aromatic N) is 2. The predicted octanol–water partition coefficient (Wildman–Crippen LogP) is 2.84. The Morgan fingerprint density at radius 2 is 2.07 bits per heavy atom. The first-order valence-electron chi connectivity index (χ1n) is 5.26. The maximum atomic E-state index is 5.28. The zero-order valence-corrected chi connectivity index (χ0v) is 10.5. The van der Waals surface area contributed by atoms with E-state index in [4.69, 9.17) is 4.74 Å². The fourth-order valence-electron chi connectivity index (χ4n) is 1.93. The van der Waals surface area contributed by atoms with E-state index in [0.717, 1.165) is 29.1 Å². The van der Waals surface area contributed by atoms with Gasteiger partial charge in [0, 0.05) is 23.8 Å². The van der Waals surface area contributed by atoms with Crippen LogP contribution in [0, 0.1) is 0 Å². The Hall–Kier alpha value is -0.770. The second-order valence-electron chi connectivity index (χ2n) is 3.73. The standard InChI is InChI=1S/C11H15BrN2O/c1-15-11-10(7-9(12)8-13-11)14-5-3-2-4-6-14/h7-8H,2-6H2,1H3. The third kappa shape index (κ3) is 2.43. The van der Waals surface area contributed by atoms with Gasteiger partial charge < -0.3 is 9.64 Å². The smallest absolute Gasteiger partial charge is 0.237 e. The molecule has 0 atom stereocenters. The number of rotatable bonds is 2. The van der Waals surface area contributed by atoms with Gasteiger partial charge in [0.15, 0.2) is 0 Å². The first kappa shape index (κ1) is 10.7. The fourth-order valence-corrected chi connectivity index (χ4v) is 2.25. The Labute approximate surface area is 98.6 Å². The number of ether oxygens (including phenoxy) is 1. The summed E-state index contributed by atoms with van der Waals surface area (Å²) in [4.78, 5) is 6.61. The van der Waals surface area contributed by atoms with Gasteiger partial charge in [-0.3, -0.25) is 0 Å². The quantitative estimate of drug-likeness (QED) is 0.827. The molecule has 1 saturated heterocycles. The third-order valence-corrected chi connectivity index (χ3v) is 3.12. The van der Waals surface area contributed by atoms with Gasteiger partial charge in [0.25, 0.3) is 0 Å². The van der Waals surface area contributed by atoms with E-state index in [1.54, 1.807) is 13.3 Å². The van der Waals surface area contributed by atoms with E-state index in [9.17, 15) is 0 Å². The predicted molar refractivity (Wildman–Crippen MR) is 64.6 cm³/mol. The molecule has 3 nitrogen and oxygen atoms in total. The lowest BCUT2D eigenvalue weighted by molar-refractivity contribution is 0.396. The molecule has 0 radical (unpaired) electrons. The first-order valence-corrected chi connectivity index (χ1v) is 6.05. The highest BCUT2D eigenvalue weighted by atomic mass is 79.9. The van der Waals surface area contributed by atoms with E-state index in [0.29, 0.717) is 0 Å². The largest absolute Gasteiger partial charge is 0.480 e. The van der Waals surface area contributed by atoms with Gasteiger partial charge in [0.1, 0.15) is 5.69 Å². The summed E-state index contributed by atoms with van der Waals surface area (Å²) in [5, 5.41) is 0. The SMILES string of the molecule is COc1ncc(Br)cc1N1CCCCC1. The molecule has 2 heterocycles. The van der Waals surface area contributed by atoms with Crippen molar-refractivity contribution in [2.75, 3.05) is 25.1 Å². The minimum atomic E-state index is 0.722. The van der Waals surface area contributed by atoms with Crippen LogP contribution in [0.1, 0.15) is 19.3 Å². The van der Waals surface area contributed by atoms with Gasteiger partial charge in [-0.15, -0.1) is 0 Å². The molecular formula is C11H15BrN2O. The highest BCUT2D eigenvalue weighted by Crippen LogP contribution is 2.30. The van der Waals surface area contributed by atoms with Crippen LogP contribution in [0.2, 0.25) is 0 Å². The summed E-state index contributed by atoms with van der Waals surface area (Å²) in [6, 6.07) is 2.08. The molecule has 82 valence electrons. The number of halogens is 1. The number of methoxy groups -OCH3 is 1. The molecule has 0 aromatic carbocycles. The van der Waals surface area contributed by atoms with Crippen molar-refractivity contribution in [3.63, 3.8) is 0 Å². The van der Waals surface area contributed by atoms with Crippen molar-refractivity contribution in [2.45, 2.75) is 19.3 Å². The van der Waals surface area contributed by atoms with Crippen LogP contribution < -0.4 is 9.64 Å². The van der Waals surface area contributed by atoms with E-state index in [1.807, 2.05) is 0 Å². The summed E-state index contributed by atoms with van der Waals surface area (Å²) in [6.07, 6.45) is 5.62. The molecule has 0 N–H and O–H groups in total. The summed E-state index contributed by atoms with van der Waals surface area (Å²) < 4.78 is 6.28. The molecule has 0 amide bonds. The summed E-state index contributed by atoms with van der Waals surface area (Å²) in [6.45, 7) is 2.21. The van der Waals surface area contributed by atoms with Crippen LogP contribution in [0.15, 0.2) is 16.7 Å². The Bertz CT molecular complexity index is 337. The Kier molecular flexibility index (Phi) is 3.46. The Morgan fingerprint density at radius 3 is 2.73 bits per heavy atom. The van der Waals surface area contributed by atoms with Gasteiger partial charge in [-0.2, -0.15) is 0 Å². The minimum absolute atomic E-state index is 0.722. The van der Waals surface area contributed by atoms with Crippen molar-refractivity contribution in [1.82, 2.24) is 4.98 Å². The topological polar surface area (TPSA) is 25.4 Å². The normalized spacial score (nSPS) is 16.5. The monoisotopic (exact) mass is 270 g/mol. The summed E-state index contributed by atoms with van der Waals surface area (Å²) in [5.41, 5.74) is 1.10. The molecule has 2 rings (SSSR count). The maximum absolute atomic E-state index is 5.28. The van der Waals surface area contributed by atoms with Gasteiger partial charge in [0.2, 0.25) is 5.88 Å². The van der Waals surface area contributed by atoms with Crippen molar-refractivity contribution in [2.24, 2.45) is 0 Å². The van der Waals surface area contributed by atoms with Gasteiger partial charge in [0.05, 0.1) is 7.11 Å². The van der Waals surface area contributed by atoms with E-state index >= 15 is 0 Å². The lowest BCUT2D eigenvalue weighted by Crippen LogP contribution is -2.29. The highest BCUT2D eigenvalue weighted by molar-refractivity contribution is 9.10. The Morgan fingerprint density at radius 1 is 1.33 bits per heavy atom. The van der Waals surface area contributed by atoms with Crippen LogP contribution in [0.25, 0.3) is 0 Å². The summed E-state index contributed by atoms with van der Waals surface area (Å²) >= 11 is 3.45. The molecule has 0 unspecified atom stereocenters. The van der Waals surface area contributed by atoms with E-state index < -0.39 is 0 Å². The number of hydrogen-bond donors (Lipinski definition) is 0. The molecule has 1 aromatic rings. The van der Waals surface area contributed by atoms with Crippen LogP contribution in [0.3, 0.4) is 0 Å². The van der Waals surface area contributed by atoms with Crippen LogP contribution >= 0.6 is 15.9 Å². The number of anilines is 1. The van der Waals surface area contributed by atoms with Crippen molar-refractivity contribution < 1.29 is 4.74 Å². The van der Waals surface area contributed by atoms with Crippen molar-refractivity contribution in [3.05, 3.63) is 16.7 Å². The summed E-state index contributed by atoms with van der Waals surface area (Å²) in [5.74, 6) is 0.722. The molecule has 1 aliphatic heterocycles. The second kappa shape index (κ2) is 4.84. The number of piperidine rings is 1. The van der Waals surface area contributed by atoms with Crippen LogP contribution in [0.4, 0.5) is 5.69 Å². The minimum Gasteiger partial charge on any atom is -0.480 e. The molecule has 0 bridgehead atoms. The fraction of sp³-hybridized carbons (Fsp3) is 0.545. The zero-order valence-electron chi connectivity index (χ0n) is 8.87. The zero-order chi connectivity index (χ0) is 10.7. The van der Waals surface area contributed by atoms with E-state index in [-0.39, 0.29) is 0 Å². The van der Waals surface area contributed by atoms with Crippen LogP contribution in [-0.4, -0.2) is 25.2 Å². The van der Waals surface area contributed by atoms with E-state index in [1.165, 1.54) is 19.3 Å². The molecule has 0 saturated carbocycles. The third-order valence-electron chi connectivity index (χ3n) is 2.69. The lowest BCUT2D eigenvalue weighted by atomic mass is 10.1. The molecule has 4 heteroatoms. The molecular weight excluding hydrogens is 256 g/mol. The maximum Gasteiger partial charge on any atom is 0.237 e. The van der Waals surface area contributed by atoms with Crippen molar-refractivity contribution in [3.8, 4) is 5.88 Å². The van der Waals surface area contributed by atoms with Crippen LogP contribution in [0.5, 0.6) is 5.88 Å². The van der Waals surface area contributed by atoms with Crippen molar-refractivity contribution >= 4 is 21.6 Å². The second-order valence-corrected chi connectivity index (χ2v) is 4.65. The number of hydrogen-bond acceptors (Lipinski definition) is 3. The van der Waals surface area contributed by atoms with Crippen molar-refractivity contribution in [1.29, 1.82) is 0 Å². The van der Waals surface area contributed by atoms with Gasteiger partial charge >= 0.3 is 0 Å². The number of aromatic nitrogens is 1. The first-order chi connectivity index (χ1) is 7.31. The molecule has 0 spiro atoms. The van der Waals surface area contributed by atoms with Gasteiger partial charge in [-0.1, -0.05) is 0 Å². The molecule has 0 aliphatic carbocycles. The van der Waals surface area contributed by atoms with Gasteiger partial charge in [-0.25, -0.2) is 4.98 Å². The lowest BCUT2D eigenvalue weighted by Gasteiger charge is -2.29. The summed E-state index contributed by atoms with van der Waals surface area (Å²) in [7, 11) is 1.67. The van der Waals surface area contributed by atoms with Gasteiger partial charge in [-0.05, 0) is 41.3 Å². The molecule has 1 fully saturated rings. The Balaban J connectivity index is 2.27. The molecule has 15 heavy (non-hydrogen) atoms. The highest BCUT2D eigenvalue weighted by Gasteiger charge is 2.16. The van der Waals surface area contributed by atoms with E-state index in [2.05, 4.69) is 31.9 Å². The molecule has 1 aromatic heterocycles. The average molecular weight is 271 g/mol. The van der Waals surface area contributed by atoms with Crippen LogP contribution in [-0.2, 0) is 0 Å². The molecule has 1 aliphatic rings. The number of pyridine rings is 1. The average Bonchev–Trinajstić information content (AvgIpc) is 2.30.